The van der Waals surface area contributed by atoms with Gasteiger partial charge in [0.1, 0.15) is 0 Å². The second kappa shape index (κ2) is 8.95. The van der Waals surface area contributed by atoms with Crippen LogP contribution in [0.2, 0.25) is 0 Å². The van der Waals surface area contributed by atoms with E-state index in [0.717, 1.165) is 11.1 Å². The Balaban J connectivity index is 1.68. The van der Waals surface area contributed by atoms with Crippen molar-refractivity contribution in [3.05, 3.63) is 109 Å². The first-order valence-electron chi connectivity index (χ1n) is 9.92. The summed E-state index contributed by atoms with van der Waals surface area (Å²) in [5.74, 6) is 0.115. The highest BCUT2D eigenvalue weighted by Crippen LogP contribution is 2.33. The first-order valence-corrected chi connectivity index (χ1v) is 12.9. The largest absolute Gasteiger partial charge is 0.224 e. The quantitative estimate of drug-likeness (QED) is 0.408. The van der Waals surface area contributed by atoms with Crippen molar-refractivity contribution in [2.75, 3.05) is 5.75 Å². The molecule has 0 amide bonds. The Morgan fingerprint density at radius 3 is 1.40 bits per heavy atom. The summed E-state index contributed by atoms with van der Waals surface area (Å²) in [5, 5.41) is 3.93. The molecule has 0 unspecified atom stereocenters. The maximum absolute atomic E-state index is 12.0. The second-order valence-corrected chi connectivity index (χ2v) is 11.5. The third kappa shape index (κ3) is 4.38. The lowest BCUT2D eigenvalue weighted by Gasteiger charge is -2.19. The minimum Gasteiger partial charge on any atom is -0.224 e. The van der Waals surface area contributed by atoms with Crippen LogP contribution in [0.5, 0.6) is 0 Å². The number of hydrogen-bond donors (Lipinski definition) is 0. The second-order valence-electron chi connectivity index (χ2n) is 6.98. The van der Waals surface area contributed by atoms with Gasteiger partial charge >= 0.3 is 0 Å². The molecule has 2 nitrogen and oxygen atoms in total. The smallest absolute Gasteiger partial charge is 0.178 e. The maximum Gasteiger partial charge on any atom is 0.178 e. The molecule has 0 aromatic heterocycles. The fourth-order valence-electron chi connectivity index (χ4n) is 3.43. The van der Waals surface area contributed by atoms with Crippen LogP contribution in [0.1, 0.15) is 6.92 Å². The van der Waals surface area contributed by atoms with Crippen LogP contribution in [-0.2, 0) is 9.84 Å². The van der Waals surface area contributed by atoms with Crippen molar-refractivity contribution in [1.29, 1.82) is 0 Å². The molecule has 4 rings (SSSR count). The summed E-state index contributed by atoms with van der Waals surface area (Å²) in [5.41, 5.74) is 2.09. The van der Waals surface area contributed by atoms with Crippen molar-refractivity contribution in [3.63, 3.8) is 0 Å². The van der Waals surface area contributed by atoms with E-state index in [2.05, 4.69) is 72.8 Å². The average molecular weight is 431 g/mol. The van der Waals surface area contributed by atoms with E-state index in [1.807, 2.05) is 24.3 Å². The normalized spacial score (nSPS) is 11.5. The van der Waals surface area contributed by atoms with Gasteiger partial charge in [-0.25, -0.2) is 8.42 Å². The van der Waals surface area contributed by atoms with E-state index in [9.17, 15) is 8.42 Å². The van der Waals surface area contributed by atoms with Crippen molar-refractivity contribution in [2.24, 2.45) is 0 Å². The molecule has 0 aliphatic heterocycles. The highest BCUT2D eigenvalue weighted by atomic mass is 32.2. The van der Waals surface area contributed by atoms with Crippen LogP contribution in [0.15, 0.2) is 114 Å². The minimum absolute atomic E-state index is 0.115. The molecule has 0 atom stereocenters. The van der Waals surface area contributed by atoms with Gasteiger partial charge in [0.25, 0.3) is 0 Å². The zero-order valence-corrected chi connectivity index (χ0v) is 18.5. The third-order valence-electron chi connectivity index (χ3n) is 5.08. The van der Waals surface area contributed by atoms with Gasteiger partial charge in [0, 0.05) is 0 Å². The number of benzene rings is 4. The van der Waals surface area contributed by atoms with Gasteiger partial charge in [-0.1, -0.05) is 104 Å². The molecule has 0 bridgehead atoms. The Kier molecular flexibility index (Phi) is 6.13. The summed E-state index contributed by atoms with van der Waals surface area (Å²) >= 11 is 0. The summed E-state index contributed by atoms with van der Waals surface area (Å²) in [4.78, 5) is 0.377. The lowest BCUT2D eigenvalue weighted by molar-refractivity contribution is 0.597. The fraction of sp³-hybridized carbons (Fsp3) is 0.0769. The molecule has 0 radical (unpaired) electrons. The van der Waals surface area contributed by atoms with Crippen molar-refractivity contribution >= 4 is 33.7 Å². The van der Waals surface area contributed by atoms with Gasteiger partial charge in [0.15, 0.2) is 9.84 Å². The molecule has 4 heteroatoms. The topological polar surface area (TPSA) is 34.1 Å². The molecule has 30 heavy (non-hydrogen) atoms. The van der Waals surface area contributed by atoms with Gasteiger partial charge in [-0.3, -0.25) is 0 Å². The van der Waals surface area contributed by atoms with E-state index in [4.69, 9.17) is 0 Å². The van der Waals surface area contributed by atoms with Gasteiger partial charge in [-0.2, -0.15) is 0 Å². The SMILES string of the molecule is CCS(=O)(=O)c1ccc(-c2ccc(P(c3ccccc3)c3ccccc3)cc2)cc1. The Labute approximate surface area is 179 Å². The zero-order valence-electron chi connectivity index (χ0n) is 16.8. The van der Waals surface area contributed by atoms with Crippen LogP contribution in [0.3, 0.4) is 0 Å². The van der Waals surface area contributed by atoms with Crippen LogP contribution in [-0.4, -0.2) is 14.2 Å². The fourth-order valence-corrected chi connectivity index (χ4v) is 6.59. The van der Waals surface area contributed by atoms with Crippen LogP contribution >= 0.6 is 7.92 Å². The molecular formula is C26H23O2PS. The monoisotopic (exact) mass is 430 g/mol. The van der Waals surface area contributed by atoms with Crippen molar-refractivity contribution in [1.82, 2.24) is 0 Å². The number of rotatable bonds is 6. The number of sulfone groups is 1. The van der Waals surface area contributed by atoms with Gasteiger partial charge in [-0.15, -0.1) is 0 Å². The molecule has 0 saturated heterocycles. The molecule has 0 aliphatic carbocycles. The van der Waals surface area contributed by atoms with Crippen molar-refractivity contribution in [2.45, 2.75) is 11.8 Å². The van der Waals surface area contributed by atoms with Crippen molar-refractivity contribution < 1.29 is 8.42 Å². The lowest BCUT2D eigenvalue weighted by Crippen LogP contribution is -2.20. The van der Waals surface area contributed by atoms with Crippen LogP contribution in [0, 0.1) is 0 Å². The van der Waals surface area contributed by atoms with Gasteiger partial charge in [-0.05, 0) is 47.1 Å². The number of hydrogen-bond acceptors (Lipinski definition) is 2. The molecule has 0 aliphatic rings. The van der Waals surface area contributed by atoms with E-state index in [0.29, 0.717) is 4.90 Å². The maximum atomic E-state index is 12.0. The Morgan fingerprint density at radius 2 is 0.967 bits per heavy atom. The van der Waals surface area contributed by atoms with Crippen molar-refractivity contribution in [3.8, 4) is 11.1 Å². The molecule has 150 valence electrons. The molecule has 0 heterocycles. The predicted octanol–water partition coefficient (Wildman–Crippen LogP) is 4.91. The zero-order chi connectivity index (χ0) is 21.0. The van der Waals surface area contributed by atoms with Gasteiger partial charge < -0.3 is 0 Å². The van der Waals surface area contributed by atoms with Crippen LogP contribution in [0.25, 0.3) is 11.1 Å². The highest BCUT2D eigenvalue weighted by Gasteiger charge is 2.16. The lowest BCUT2D eigenvalue weighted by atomic mass is 10.1. The van der Waals surface area contributed by atoms with Gasteiger partial charge in [0.05, 0.1) is 10.6 Å². The highest BCUT2D eigenvalue weighted by molar-refractivity contribution is 7.91. The Morgan fingerprint density at radius 1 is 0.567 bits per heavy atom. The summed E-state index contributed by atoms with van der Waals surface area (Å²) in [6.07, 6.45) is 0. The minimum atomic E-state index is -3.17. The molecule has 4 aromatic carbocycles. The Hall–Kier alpha value is -2.74. The first-order chi connectivity index (χ1) is 14.6. The van der Waals surface area contributed by atoms with Crippen LogP contribution < -0.4 is 15.9 Å². The summed E-state index contributed by atoms with van der Waals surface area (Å²) in [6, 6.07) is 37.0. The summed E-state index contributed by atoms with van der Waals surface area (Å²) in [7, 11) is -3.80. The van der Waals surface area contributed by atoms with E-state index in [1.165, 1.54) is 15.9 Å². The van der Waals surface area contributed by atoms with E-state index in [-0.39, 0.29) is 5.75 Å². The molecule has 0 saturated carbocycles. The standard InChI is InChI=1S/C26H23O2PS/c1-2-30(27,28)26-19-15-22(16-20-26)21-13-17-25(18-14-21)29(23-9-5-3-6-10-23)24-11-7-4-8-12-24/h3-20H,2H2,1H3. The molecule has 0 fully saturated rings. The van der Waals surface area contributed by atoms with E-state index in [1.54, 1.807) is 19.1 Å². The first kappa shape index (κ1) is 20.5. The predicted molar refractivity (Wildman–Crippen MR) is 128 cm³/mol. The molecular weight excluding hydrogens is 407 g/mol. The third-order valence-corrected chi connectivity index (χ3v) is 9.28. The summed E-state index contributed by atoms with van der Waals surface area (Å²) < 4.78 is 24.1. The molecule has 0 N–H and O–H groups in total. The molecule has 4 aromatic rings. The van der Waals surface area contributed by atoms with Crippen LogP contribution in [0.4, 0.5) is 0 Å². The van der Waals surface area contributed by atoms with Gasteiger partial charge in [0.2, 0.25) is 0 Å². The molecule has 0 spiro atoms. The van der Waals surface area contributed by atoms with E-state index >= 15 is 0 Å². The van der Waals surface area contributed by atoms with E-state index < -0.39 is 17.8 Å². The Bertz CT molecular complexity index is 1160. The average Bonchev–Trinajstić information content (AvgIpc) is 2.81. The summed E-state index contributed by atoms with van der Waals surface area (Å²) in [6.45, 7) is 1.67.